The molecule has 0 amide bonds. The minimum absolute atomic E-state index is 0.0911. The molecule has 0 unspecified atom stereocenters. The maximum atomic E-state index is 12.0. The molecule has 1 aromatic heterocycles. The Morgan fingerprint density at radius 2 is 1.87 bits per heavy atom. The maximum Gasteiger partial charge on any atom is 0.338 e. The van der Waals surface area contributed by atoms with Crippen molar-refractivity contribution < 1.29 is 28.9 Å². The molecular formula is C23H23NO6. The molecule has 1 N–H and O–H groups in total. The smallest absolute Gasteiger partial charge is 0.338 e. The van der Waals surface area contributed by atoms with E-state index in [0.717, 1.165) is 5.39 Å². The normalized spacial score (nSPS) is 10.8. The standard InChI is InChI=1S/C23H23NO6/c1-4-28-23(27)16-8-9-19-17(10-16)12-21(30-14(2)3)20(24-19)13-29-18-7-5-6-15(11-18)22(25)26/h5-12,14H,4,13H2,1-3H3,(H,25,26). The number of nitrogens with zero attached hydrogens (tertiary/aromatic N) is 1. The van der Waals surface area contributed by atoms with Gasteiger partial charge in [-0.2, -0.15) is 0 Å². The predicted octanol–water partition coefficient (Wildman–Crippen LogP) is 4.48. The lowest BCUT2D eigenvalue weighted by Crippen LogP contribution is -2.10. The average Bonchev–Trinajstić information content (AvgIpc) is 2.71. The zero-order valence-electron chi connectivity index (χ0n) is 17.0. The molecule has 0 fully saturated rings. The van der Waals surface area contributed by atoms with Crippen molar-refractivity contribution in [3.8, 4) is 11.5 Å². The summed E-state index contributed by atoms with van der Waals surface area (Å²) < 4.78 is 16.7. The van der Waals surface area contributed by atoms with Crippen LogP contribution in [0.4, 0.5) is 0 Å². The van der Waals surface area contributed by atoms with Gasteiger partial charge in [-0.25, -0.2) is 14.6 Å². The molecule has 2 aromatic carbocycles. The molecule has 0 aliphatic rings. The van der Waals surface area contributed by atoms with Crippen LogP contribution in [0.5, 0.6) is 11.5 Å². The van der Waals surface area contributed by atoms with Gasteiger partial charge in [-0.3, -0.25) is 0 Å². The summed E-state index contributed by atoms with van der Waals surface area (Å²) >= 11 is 0. The van der Waals surface area contributed by atoms with E-state index in [1.165, 1.54) is 12.1 Å². The van der Waals surface area contributed by atoms with E-state index >= 15 is 0 Å². The third-order valence-electron chi connectivity index (χ3n) is 4.18. The van der Waals surface area contributed by atoms with E-state index in [1.54, 1.807) is 37.3 Å². The van der Waals surface area contributed by atoms with E-state index in [-0.39, 0.29) is 18.3 Å². The average molecular weight is 409 g/mol. The van der Waals surface area contributed by atoms with Crippen molar-refractivity contribution in [3.05, 3.63) is 65.4 Å². The van der Waals surface area contributed by atoms with E-state index in [0.29, 0.717) is 34.9 Å². The van der Waals surface area contributed by atoms with Gasteiger partial charge in [0.05, 0.1) is 29.4 Å². The third kappa shape index (κ3) is 5.05. The Morgan fingerprint density at radius 3 is 2.57 bits per heavy atom. The number of benzene rings is 2. The van der Waals surface area contributed by atoms with Crippen molar-refractivity contribution in [2.75, 3.05) is 6.61 Å². The van der Waals surface area contributed by atoms with Crippen LogP contribution in [0.1, 0.15) is 47.2 Å². The van der Waals surface area contributed by atoms with E-state index in [4.69, 9.17) is 19.3 Å². The highest BCUT2D eigenvalue weighted by Crippen LogP contribution is 2.27. The van der Waals surface area contributed by atoms with Crippen molar-refractivity contribution in [3.63, 3.8) is 0 Å². The molecular weight excluding hydrogens is 386 g/mol. The van der Waals surface area contributed by atoms with Crippen molar-refractivity contribution in [2.24, 2.45) is 0 Å². The van der Waals surface area contributed by atoms with Gasteiger partial charge in [0.1, 0.15) is 23.8 Å². The van der Waals surface area contributed by atoms with Gasteiger partial charge in [-0.15, -0.1) is 0 Å². The summed E-state index contributed by atoms with van der Waals surface area (Å²) in [6, 6.07) is 13.2. The Bertz CT molecular complexity index is 1080. The number of pyridine rings is 1. The second kappa shape index (κ2) is 9.26. The largest absolute Gasteiger partial charge is 0.489 e. The number of carboxylic acid groups (broad SMARTS) is 1. The van der Waals surface area contributed by atoms with Crippen LogP contribution in [0.25, 0.3) is 10.9 Å². The summed E-state index contributed by atoms with van der Waals surface area (Å²) in [6.07, 6.45) is -0.0911. The monoisotopic (exact) mass is 409 g/mol. The fourth-order valence-corrected chi connectivity index (χ4v) is 2.87. The molecule has 30 heavy (non-hydrogen) atoms. The highest BCUT2D eigenvalue weighted by molar-refractivity contribution is 5.94. The number of esters is 1. The Morgan fingerprint density at radius 1 is 1.07 bits per heavy atom. The van der Waals surface area contributed by atoms with Crippen LogP contribution in [-0.2, 0) is 11.3 Å². The van der Waals surface area contributed by atoms with Crippen LogP contribution in [0, 0.1) is 0 Å². The number of rotatable bonds is 8. The minimum Gasteiger partial charge on any atom is -0.489 e. The van der Waals surface area contributed by atoms with Crippen LogP contribution in [0.15, 0.2) is 48.5 Å². The van der Waals surface area contributed by atoms with Gasteiger partial charge >= 0.3 is 11.9 Å². The van der Waals surface area contributed by atoms with Crippen molar-refractivity contribution in [2.45, 2.75) is 33.5 Å². The molecule has 3 rings (SSSR count). The summed E-state index contributed by atoms with van der Waals surface area (Å²) in [7, 11) is 0. The first-order valence-electron chi connectivity index (χ1n) is 9.61. The summed E-state index contributed by atoms with van der Waals surface area (Å²) in [5.41, 5.74) is 1.83. The van der Waals surface area contributed by atoms with E-state index in [9.17, 15) is 9.59 Å². The highest BCUT2D eigenvalue weighted by atomic mass is 16.5. The number of ether oxygens (including phenoxy) is 3. The van der Waals surface area contributed by atoms with E-state index < -0.39 is 11.9 Å². The molecule has 1 heterocycles. The number of aromatic carboxylic acids is 1. The van der Waals surface area contributed by atoms with Crippen LogP contribution in [0.3, 0.4) is 0 Å². The molecule has 0 saturated carbocycles. The number of hydrogen-bond donors (Lipinski definition) is 1. The zero-order valence-corrected chi connectivity index (χ0v) is 17.0. The molecule has 7 nitrogen and oxygen atoms in total. The lowest BCUT2D eigenvalue weighted by Gasteiger charge is -2.16. The van der Waals surface area contributed by atoms with Crippen LogP contribution < -0.4 is 9.47 Å². The Hall–Kier alpha value is -3.61. The quantitative estimate of drug-likeness (QED) is 0.548. The number of carbonyl (C=O) groups is 2. The molecule has 0 radical (unpaired) electrons. The van der Waals surface area contributed by atoms with Gasteiger partial charge in [0.25, 0.3) is 0 Å². The van der Waals surface area contributed by atoms with Crippen molar-refractivity contribution in [1.29, 1.82) is 0 Å². The molecule has 0 spiro atoms. The van der Waals surface area contributed by atoms with Crippen LogP contribution in [-0.4, -0.2) is 34.7 Å². The predicted molar refractivity (Wildman–Crippen MR) is 111 cm³/mol. The third-order valence-corrected chi connectivity index (χ3v) is 4.18. The summed E-state index contributed by atoms with van der Waals surface area (Å²) in [6.45, 7) is 5.96. The summed E-state index contributed by atoms with van der Waals surface area (Å²) in [5, 5.41) is 9.87. The Kier molecular flexibility index (Phi) is 6.51. The molecule has 0 aliphatic heterocycles. The number of carbonyl (C=O) groups excluding carboxylic acids is 1. The SMILES string of the molecule is CCOC(=O)c1ccc2nc(COc3cccc(C(=O)O)c3)c(OC(C)C)cc2c1. The summed E-state index contributed by atoms with van der Waals surface area (Å²) in [5.74, 6) is -0.459. The van der Waals surface area contributed by atoms with Crippen molar-refractivity contribution >= 4 is 22.8 Å². The van der Waals surface area contributed by atoms with E-state index in [2.05, 4.69) is 4.98 Å². The molecule has 3 aromatic rings. The molecule has 0 atom stereocenters. The molecule has 0 saturated heterocycles. The van der Waals surface area contributed by atoms with Crippen molar-refractivity contribution in [1.82, 2.24) is 4.98 Å². The van der Waals surface area contributed by atoms with Gasteiger partial charge in [0.2, 0.25) is 0 Å². The van der Waals surface area contributed by atoms with Gasteiger partial charge in [0, 0.05) is 5.39 Å². The first kappa shape index (κ1) is 21.1. The number of aromatic nitrogens is 1. The highest BCUT2D eigenvalue weighted by Gasteiger charge is 2.14. The van der Waals surface area contributed by atoms with Gasteiger partial charge < -0.3 is 19.3 Å². The Balaban J connectivity index is 1.92. The minimum atomic E-state index is -1.02. The van der Waals surface area contributed by atoms with Crippen LogP contribution in [0.2, 0.25) is 0 Å². The number of hydrogen-bond acceptors (Lipinski definition) is 6. The second-order valence-electron chi connectivity index (χ2n) is 6.85. The van der Waals surface area contributed by atoms with Gasteiger partial charge in [-0.1, -0.05) is 6.07 Å². The van der Waals surface area contributed by atoms with Gasteiger partial charge in [-0.05, 0) is 63.2 Å². The first-order valence-corrected chi connectivity index (χ1v) is 9.61. The lowest BCUT2D eigenvalue weighted by molar-refractivity contribution is 0.0526. The molecule has 0 bridgehead atoms. The fourth-order valence-electron chi connectivity index (χ4n) is 2.87. The molecule has 7 heteroatoms. The first-order chi connectivity index (χ1) is 14.4. The van der Waals surface area contributed by atoms with Crippen LogP contribution >= 0.6 is 0 Å². The summed E-state index contributed by atoms with van der Waals surface area (Å²) in [4.78, 5) is 27.8. The fraction of sp³-hybridized carbons (Fsp3) is 0.261. The Labute approximate surface area is 174 Å². The molecule has 156 valence electrons. The second-order valence-corrected chi connectivity index (χ2v) is 6.85. The van der Waals surface area contributed by atoms with Gasteiger partial charge in [0.15, 0.2) is 0 Å². The number of fused-ring (bicyclic) bond motifs is 1. The molecule has 0 aliphatic carbocycles. The lowest BCUT2D eigenvalue weighted by atomic mass is 10.1. The topological polar surface area (TPSA) is 95.0 Å². The van der Waals surface area contributed by atoms with E-state index in [1.807, 2.05) is 19.9 Å². The zero-order chi connectivity index (χ0) is 21.7. The maximum absolute atomic E-state index is 12.0. The number of carboxylic acids is 1.